The molecule has 0 saturated heterocycles. The van der Waals surface area contributed by atoms with Gasteiger partial charge in [-0.25, -0.2) is 4.98 Å². The highest BCUT2D eigenvalue weighted by Crippen LogP contribution is 2.24. The van der Waals surface area contributed by atoms with Crippen molar-refractivity contribution in [2.24, 2.45) is 0 Å². The molecule has 0 aromatic carbocycles. The van der Waals surface area contributed by atoms with E-state index in [2.05, 4.69) is 20.9 Å². The smallest absolute Gasteiger partial charge is 0.150 e. The summed E-state index contributed by atoms with van der Waals surface area (Å²) < 4.78 is 7.93. The molecule has 2 aromatic heterocycles. The third-order valence-electron chi connectivity index (χ3n) is 1.69. The van der Waals surface area contributed by atoms with Crippen LogP contribution in [0.3, 0.4) is 0 Å². The van der Waals surface area contributed by atoms with Crippen LogP contribution in [0.4, 0.5) is 0 Å². The maximum atomic E-state index is 5.13. The van der Waals surface area contributed by atoms with Crippen molar-refractivity contribution >= 4 is 21.6 Å². The van der Waals surface area contributed by atoms with E-state index >= 15 is 0 Å². The Kier molecular flexibility index (Phi) is 1.77. The lowest BCUT2D eigenvalue weighted by Gasteiger charge is -2.03. The number of nitrogens with zero attached hydrogens (tertiary/aromatic N) is 2. The Hall–Kier alpha value is -1.03. The molecular weight excluding hydrogens is 220 g/mol. The molecule has 0 bridgehead atoms. The zero-order valence-corrected chi connectivity index (χ0v) is 8.08. The molecule has 0 aliphatic rings. The van der Waals surface area contributed by atoms with Crippen LogP contribution in [-0.2, 0) is 0 Å². The number of halogens is 1. The molecule has 2 aromatic rings. The van der Waals surface area contributed by atoms with Gasteiger partial charge in [-0.1, -0.05) is 0 Å². The number of ether oxygens (including phenoxy) is 1. The Balaban J connectivity index is 2.78. The molecule has 0 radical (unpaired) electrons. The molecule has 0 atom stereocenters. The van der Waals surface area contributed by atoms with Crippen molar-refractivity contribution in [3.8, 4) is 5.75 Å². The summed E-state index contributed by atoms with van der Waals surface area (Å²) in [5, 5.41) is 0. The van der Waals surface area contributed by atoms with Gasteiger partial charge in [0, 0.05) is 12.4 Å². The predicted molar refractivity (Wildman–Crippen MR) is 49.4 cm³/mol. The van der Waals surface area contributed by atoms with Crippen LogP contribution in [0, 0.1) is 0 Å². The lowest BCUT2D eigenvalue weighted by molar-refractivity contribution is 0.409. The van der Waals surface area contributed by atoms with Gasteiger partial charge in [0.2, 0.25) is 0 Å². The SMILES string of the molecule is COc1ccc2nccn2c1Br. The summed E-state index contributed by atoms with van der Waals surface area (Å²) in [6.45, 7) is 0. The molecule has 3 nitrogen and oxygen atoms in total. The molecule has 4 heteroatoms. The molecule has 0 aliphatic carbocycles. The fraction of sp³-hybridized carbons (Fsp3) is 0.125. The van der Waals surface area contributed by atoms with Crippen molar-refractivity contribution in [3.05, 3.63) is 29.1 Å². The van der Waals surface area contributed by atoms with Crippen LogP contribution in [-0.4, -0.2) is 16.5 Å². The number of pyridine rings is 1. The van der Waals surface area contributed by atoms with Gasteiger partial charge in [-0.05, 0) is 28.1 Å². The first-order valence-electron chi connectivity index (χ1n) is 3.48. The highest BCUT2D eigenvalue weighted by atomic mass is 79.9. The normalized spacial score (nSPS) is 10.5. The fourth-order valence-corrected chi connectivity index (χ4v) is 1.69. The minimum absolute atomic E-state index is 0.806. The second-order valence-corrected chi connectivity index (χ2v) is 3.10. The second-order valence-electron chi connectivity index (χ2n) is 2.35. The maximum Gasteiger partial charge on any atom is 0.150 e. The van der Waals surface area contributed by atoms with E-state index < -0.39 is 0 Å². The summed E-state index contributed by atoms with van der Waals surface area (Å²) in [6, 6.07) is 3.79. The number of hydrogen-bond donors (Lipinski definition) is 0. The van der Waals surface area contributed by atoms with E-state index in [1.54, 1.807) is 13.3 Å². The number of rotatable bonds is 1. The Labute approximate surface area is 78.1 Å². The number of hydrogen-bond acceptors (Lipinski definition) is 2. The molecule has 0 fully saturated rings. The van der Waals surface area contributed by atoms with Crippen molar-refractivity contribution in [2.45, 2.75) is 0 Å². The summed E-state index contributed by atoms with van der Waals surface area (Å²) >= 11 is 3.42. The average molecular weight is 227 g/mol. The van der Waals surface area contributed by atoms with Crippen LogP contribution in [0.2, 0.25) is 0 Å². The van der Waals surface area contributed by atoms with Gasteiger partial charge in [-0.2, -0.15) is 0 Å². The Morgan fingerprint density at radius 1 is 1.50 bits per heavy atom. The van der Waals surface area contributed by atoms with Gasteiger partial charge >= 0.3 is 0 Å². The number of methoxy groups -OCH3 is 1. The summed E-state index contributed by atoms with van der Waals surface area (Å²) in [5.41, 5.74) is 0.905. The summed E-state index contributed by atoms with van der Waals surface area (Å²) in [7, 11) is 1.64. The molecule has 0 unspecified atom stereocenters. The van der Waals surface area contributed by atoms with Crippen molar-refractivity contribution in [1.82, 2.24) is 9.38 Å². The summed E-state index contributed by atoms with van der Waals surface area (Å²) in [6.07, 6.45) is 3.63. The second kappa shape index (κ2) is 2.79. The standard InChI is InChI=1S/C8H7BrN2O/c1-12-6-2-3-7-10-4-5-11(7)8(6)9/h2-5H,1H3. The fourth-order valence-electron chi connectivity index (χ4n) is 1.09. The Bertz CT molecular complexity index is 410. The molecule has 0 aliphatic heterocycles. The maximum absolute atomic E-state index is 5.13. The summed E-state index contributed by atoms with van der Waals surface area (Å²) in [4.78, 5) is 4.13. The highest BCUT2D eigenvalue weighted by Gasteiger charge is 2.03. The van der Waals surface area contributed by atoms with Gasteiger partial charge in [-0.15, -0.1) is 0 Å². The lowest BCUT2D eigenvalue weighted by atomic mass is 10.4. The minimum Gasteiger partial charge on any atom is -0.494 e. The molecule has 12 heavy (non-hydrogen) atoms. The van der Waals surface area contributed by atoms with E-state index in [4.69, 9.17) is 4.74 Å². The average Bonchev–Trinajstić information content (AvgIpc) is 2.53. The number of fused-ring (bicyclic) bond motifs is 1. The van der Waals surface area contributed by atoms with E-state index in [0.29, 0.717) is 0 Å². The van der Waals surface area contributed by atoms with Gasteiger partial charge in [0.1, 0.15) is 16.0 Å². The molecular formula is C8H7BrN2O. The third kappa shape index (κ3) is 0.992. The van der Waals surface area contributed by atoms with Crippen molar-refractivity contribution in [1.29, 1.82) is 0 Å². The van der Waals surface area contributed by atoms with Crippen molar-refractivity contribution in [2.75, 3.05) is 7.11 Å². The van der Waals surface area contributed by atoms with E-state index in [9.17, 15) is 0 Å². The molecule has 2 heterocycles. The van der Waals surface area contributed by atoms with E-state index in [1.165, 1.54) is 0 Å². The largest absolute Gasteiger partial charge is 0.494 e. The van der Waals surface area contributed by atoms with Crippen LogP contribution in [0.15, 0.2) is 29.1 Å². The zero-order chi connectivity index (χ0) is 8.55. The zero-order valence-electron chi connectivity index (χ0n) is 6.49. The Morgan fingerprint density at radius 3 is 3.08 bits per heavy atom. The molecule has 0 spiro atoms. The molecule has 0 saturated carbocycles. The predicted octanol–water partition coefficient (Wildman–Crippen LogP) is 2.11. The van der Waals surface area contributed by atoms with Crippen LogP contribution >= 0.6 is 15.9 Å². The van der Waals surface area contributed by atoms with Gasteiger partial charge < -0.3 is 4.74 Å². The van der Waals surface area contributed by atoms with Gasteiger partial charge in [0.05, 0.1) is 7.11 Å². The third-order valence-corrected chi connectivity index (χ3v) is 2.46. The molecule has 0 amide bonds. The van der Waals surface area contributed by atoms with Crippen molar-refractivity contribution < 1.29 is 4.74 Å². The lowest BCUT2D eigenvalue weighted by Crippen LogP contribution is -1.91. The van der Waals surface area contributed by atoms with Gasteiger partial charge in [-0.3, -0.25) is 4.40 Å². The van der Waals surface area contributed by atoms with Gasteiger partial charge in [0.15, 0.2) is 0 Å². The van der Waals surface area contributed by atoms with Gasteiger partial charge in [0.25, 0.3) is 0 Å². The number of aromatic nitrogens is 2. The first-order valence-corrected chi connectivity index (χ1v) is 4.28. The first-order chi connectivity index (χ1) is 5.83. The minimum atomic E-state index is 0.806. The summed E-state index contributed by atoms with van der Waals surface area (Å²) in [5.74, 6) is 0.806. The van der Waals surface area contributed by atoms with Crippen LogP contribution in [0.1, 0.15) is 0 Å². The van der Waals surface area contributed by atoms with Crippen LogP contribution < -0.4 is 4.74 Å². The number of imidazole rings is 1. The van der Waals surface area contributed by atoms with Crippen LogP contribution in [0.25, 0.3) is 5.65 Å². The van der Waals surface area contributed by atoms with E-state index in [0.717, 1.165) is 16.0 Å². The Morgan fingerprint density at radius 2 is 2.33 bits per heavy atom. The molecule has 2 rings (SSSR count). The van der Waals surface area contributed by atoms with Crippen LogP contribution in [0.5, 0.6) is 5.75 Å². The van der Waals surface area contributed by atoms with E-state index in [-0.39, 0.29) is 0 Å². The quantitative estimate of drug-likeness (QED) is 0.697. The highest BCUT2D eigenvalue weighted by molar-refractivity contribution is 9.10. The monoisotopic (exact) mass is 226 g/mol. The molecule has 62 valence electrons. The first kappa shape index (κ1) is 7.61. The topological polar surface area (TPSA) is 26.5 Å². The van der Waals surface area contributed by atoms with E-state index in [1.807, 2.05) is 22.7 Å². The molecule has 0 N–H and O–H groups in total. The van der Waals surface area contributed by atoms with Crippen molar-refractivity contribution in [3.63, 3.8) is 0 Å².